The fourth-order valence-electron chi connectivity index (χ4n) is 2.62. The maximum absolute atomic E-state index is 13.1. The summed E-state index contributed by atoms with van der Waals surface area (Å²) in [6.07, 6.45) is 1.00. The molecule has 0 saturated carbocycles. The van der Waals surface area contributed by atoms with Gasteiger partial charge >= 0.3 is 0 Å². The highest BCUT2D eigenvalue weighted by Crippen LogP contribution is 2.29. The van der Waals surface area contributed by atoms with Crippen LogP contribution in [0.25, 0.3) is 0 Å². The second-order valence-electron chi connectivity index (χ2n) is 5.82. The van der Waals surface area contributed by atoms with Crippen LogP contribution in [0, 0.1) is 5.82 Å². The van der Waals surface area contributed by atoms with Crippen LogP contribution >= 0.6 is 0 Å². The third-order valence-corrected chi connectivity index (χ3v) is 3.96. The first-order valence-electron chi connectivity index (χ1n) is 7.61. The quantitative estimate of drug-likeness (QED) is 0.812. The van der Waals surface area contributed by atoms with Crippen molar-refractivity contribution in [1.82, 2.24) is 5.32 Å². The summed E-state index contributed by atoms with van der Waals surface area (Å²) < 4.78 is 13.1. The third-order valence-electron chi connectivity index (χ3n) is 3.96. The Labute approximate surface area is 127 Å². The molecule has 0 amide bonds. The fourth-order valence-corrected chi connectivity index (χ4v) is 2.62. The first kappa shape index (κ1) is 15.7. The number of benzene rings is 2. The highest BCUT2D eigenvalue weighted by atomic mass is 19.1. The van der Waals surface area contributed by atoms with Gasteiger partial charge in [0.1, 0.15) is 5.82 Å². The molecule has 2 aromatic carbocycles. The van der Waals surface area contributed by atoms with Crippen LogP contribution < -0.4 is 5.32 Å². The summed E-state index contributed by atoms with van der Waals surface area (Å²) in [6.45, 7) is 5.34. The van der Waals surface area contributed by atoms with Gasteiger partial charge < -0.3 is 5.32 Å². The molecule has 2 rings (SSSR count). The van der Waals surface area contributed by atoms with Gasteiger partial charge in [-0.25, -0.2) is 4.39 Å². The molecule has 21 heavy (non-hydrogen) atoms. The molecule has 0 spiro atoms. The van der Waals surface area contributed by atoms with Crippen molar-refractivity contribution in [2.75, 3.05) is 13.6 Å². The lowest BCUT2D eigenvalue weighted by Gasteiger charge is -2.19. The van der Waals surface area contributed by atoms with Gasteiger partial charge in [0.15, 0.2) is 0 Å². The lowest BCUT2D eigenvalue weighted by atomic mass is 9.87. The molecule has 2 heteroatoms. The van der Waals surface area contributed by atoms with Crippen LogP contribution in [0.3, 0.4) is 0 Å². The molecule has 112 valence electrons. The van der Waals surface area contributed by atoms with E-state index < -0.39 is 0 Å². The third kappa shape index (κ3) is 4.15. The summed E-state index contributed by atoms with van der Waals surface area (Å²) in [5, 5.41) is 3.20. The molecule has 0 aliphatic rings. The van der Waals surface area contributed by atoms with Gasteiger partial charge in [-0.1, -0.05) is 50.2 Å². The normalized spacial score (nSPS) is 12.6. The van der Waals surface area contributed by atoms with Gasteiger partial charge in [-0.05, 0) is 54.8 Å². The summed E-state index contributed by atoms with van der Waals surface area (Å²) in [4.78, 5) is 0. The van der Waals surface area contributed by atoms with E-state index in [0.717, 1.165) is 13.0 Å². The molecule has 0 saturated heterocycles. The zero-order chi connectivity index (χ0) is 15.2. The van der Waals surface area contributed by atoms with Gasteiger partial charge in [0.05, 0.1) is 0 Å². The van der Waals surface area contributed by atoms with Crippen LogP contribution in [0.5, 0.6) is 0 Å². The van der Waals surface area contributed by atoms with Gasteiger partial charge in [0.2, 0.25) is 0 Å². The second kappa shape index (κ2) is 7.37. The van der Waals surface area contributed by atoms with Crippen LogP contribution in [0.1, 0.15) is 48.8 Å². The predicted octanol–water partition coefficient (Wildman–Crippen LogP) is 4.69. The Kier molecular flexibility index (Phi) is 5.51. The number of nitrogens with one attached hydrogen (secondary N) is 1. The molecule has 1 nitrogen and oxygen atoms in total. The molecule has 0 fully saturated rings. The maximum atomic E-state index is 13.1. The van der Waals surface area contributed by atoms with E-state index in [1.807, 2.05) is 19.2 Å². The standard InChI is InChI=1S/C19H24FN/c1-14(2)15-4-6-16(7-5-15)19(12-13-21-3)17-8-10-18(20)11-9-17/h4-11,14,19,21H,12-13H2,1-3H3. The summed E-state index contributed by atoms with van der Waals surface area (Å²) in [7, 11) is 1.96. The van der Waals surface area contributed by atoms with E-state index in [0.29, 0.717) is 11.8 Å². The Hall–Kier alpha value is -1.67. The molecule has 2 aromatic rings. The summed E-state index contributed by atoms with van der Waals surface area (Å²) in [5.41, 5.74) is 3.82. The molecule has 1 unspecified atom stereocenters. The highest BCUT2D eigenvalue weighted by molar-refractivity contribution is 5.35. The number of hydrogen-bond acceptors (Lipinski definition) is 1. The SMILES string of the molecule is CNCCC(c1ccc(F)cc1)c1ccc(C(C)C)cc1. The summed E-state index contributed by atoms with van der Waals surface area (Å²) in [5.74, 6) is 0.668. The molecule has 1 atom stereocenters. The Morgan fingerprint density at radius 1 is 0.857 bits per heavy atom. The maximum Gasteiger partial charge on any atom is 0.123 e. The van der Waals surface area contributed by atoms with Gasteiger partial charge in [-0.15, -0.1) is 0 Å². The Balaban J connectivity index is 2.28. The minimum atomic E-state index is -0.179. The van der Waals surface area contributed by atoms with Crippen molar-refractivity contribution in [3.05, 3.63) is 71.0 Å². The predicted molar refractivity (Wildman–Crippen MR) is 87.3 cm³/mol. The van der Waals surface area contributed by atoms with E-state index in [2.05, 4.69) is 43.4 Å². The van der Waals surface area contributed by atoms with Crippen molar-refractivity contribution in [2.24, 2.45) is 0 Å². The Bertz CT molecular complexity index is 543. The first-order valence-corrected chi connectivity index (χ1v) is 7.61. The van der Waals surface area contributed by atoms with E-state index in [1.54, 1.807) is 12.1 Å². The lowest BCUT2D eigenvalue weighted by Crippen LogP contribution is -2.13. The average molecular weight is 285 g/mol. The molecule has 0 aliphatic carbocycles. The van der Waals surface area contributed by atoms with Crippen molar-refractivity contribution in [2.45, 2.75) is 32.1 Å². The molecule has 0 aromatic heterocycles. The van der Waals surface area contributed by atoms with Gasteiger partial charge in [0, 0.05) is 5.92 Å². The fraction of sp³-hybridized carbons (Fsp3) is 0.368. The smallest absolute Gasteiger partial charge is 0.123 e. The highest BCUT2D eigenvalue weighted by Gasteiger charge is 2.14. The van der Waals surface area contributed by atoms with Gasteiger partial charge in [0.25, 0.3) is 0 Å². The largest absolute Gasteiger partial charge is 0.320 e. The molecule has 0 aliphatic heterocycles. The van der Waals surface area contributed by atoms with Gasteiger partial charge in [-0.3, -0.25) is 0 Å². The molecule has 1 N–H and O–H groups in total. The van der Waals surface area contributed by atoms with Crippen molar-refractivity contribution >= 4 is 0 Å². The van der Waals surface area contributed by atoms with Crippen molar-refractivity contribution < 1.29 is 4.39 Å². The Morgan fingerprint density at radius 2 is 1.33 bits per heavy atom. The first-order chi connectivity index (χ1) is 10.1. The van der Waals surface area contributed by atoms with Crippen molar-refractivity contribution in [3.63, 3.8) is 0 Å². The minimum absolute atomic E-state index is 0.179. The van der Waals surface area contributed by atoms with E-state index in [4.69, 9.17) is 0 Å². The molecule has 0 bridgehead atoms. The molecule has 0 heterocycles. The van der Waals surface area contributed by atoms with Crippen LogP contribution in [-0.2, 0) is 0 Å². The number of halogens is 1. The molecular formula is C19H24FN. The van der Waals surface area contributed by atoms with Crippen LogP contribution in [0.2, 0.25) is 0 Å². The molecule has 0 radical (unpaired) electrons. The van der Waals surface area contributed by atoms with Crippen LogP contribution in [-0.4, -0.2) is 13.6 Å². The average Bonchev–Trinajstić information content (AvgIpc) is 2.50. The Morgan fingerprint density at radius 3 is 1.81 bits per heavy atom. The molecular weight excluding hydrogens is 261 g/mol. The van der Waals surface area contributed by atoms with Crippen LogP contribution in [0.15, 0.2) is 48.5 Å². The van der Waals surface area contributed by atoms with Crippen molar-refractivity contribution in [3.8, 4) is 0 Å². The second-order valence-corrected chi connectivity index (χ2v) is 5.82. The topological polar surface area (TPSA) is 12.0 Å². The van der Waals surface area contributed by atoms with Crippen LogP contribution in [0.4, 0.5) is 4.39 Å². The monoisotopic (exact) mass is 285 g/mol. The zero-order valence-corrected chi connectivity index (χ0v) is 13.1. The summed E-state index contributed by atoms with van der Waals surface area (Å²) >= 11 is 0. The number of rotatable bonds is 6. The number of hydrogen-bond donors (Lipinski definition) is 1. The van der Waals surface area contributed by atoms with E-state index in [1.165, 1.54) is 16.7 Å². The summed E-state index contributed by atoms with van der Waals surface area (Å²) in [6, 6.07) is 15.7. The van der Waals surface area contributed by atoms with E-state index >= 15 is 0 Å². The zero-order valence-electron chi connectivity index (χ0n) is 13.1. The lowest BCUT2D eigenvalue weighted by molar-refractivity contribution is 0.622. The van der Waals surface area contributed by atoms with E-state index in [-0.39, 0.29) is 5.82 Å². The minimum Gasteiger partial charge on any atom is -0.320 e. The van der Waals surface area contributed by atoms with Crippen molar-refractivity contribution in [1.29, 1.82) is 0 Å². The van der Waals surface area contributed by atoms with Gasteiger partial charge in [-0.2, -0.15) is 0 Å². The van der Waals surface area contributed by atoms with E-state index in [9.17, 15) is 4.39 Å².